The van der Waals surface area contributed by atoms with E-state index in [-0.39, 0.29) is 28.1 Å². The minimum atomic E-state index is -1.14. The molecule has 1 aromatic carbocycles. The highest BCUT2D eigenvalue weighted by Crippen LogP contribution is 2.37. The van der Waals surface area contributed by atoms with Crippen molar-refractivity contribution in [2.45, 2.75) is 25.7 Å². The summed E-state index contributed by atoms with van der Waals surface area (Å²) in [4.78, 5) is 34.8. The van der Waals surface area contributed by atoms with Crippen LogP contribution in [0.3, 0.4) is 0 Å². The van der Waals surface area contributed by atoms with Crippen LogP contribution in [0, 0.1) is 16.0 Å². The summed E-state index contributed by atoms with van der Waals surface area (Å²) in [5.74, 6) is -1.38. The van der Waals surface area contributed by atoms with Gasteiger partial charge in [-0.25, -0.2) is 4.79 Å². The van der Waals surface area contributed by atoms with Crippen LogP contribution in [0.25, 0.3) is 10.4 Å². The predicted octanol–water partition coefficient (Wildman–Crippen LogP) is 4.15. The summed E-state index contributed by atoms with van der Waals surface area (Å²) in [6.45, 7) is 0. The molecule has 0 atom stereocenters. The predicted molar refractivity (Wildman–Crippen MR) is 94.0 cm³/mol. The Hall–Kier alpha value is -2.74. The van der Waals surface area contributed by atoms with Gasteiger partial charge < -0.3 is 10.4 Å². The fourth-order valence-electron chi connectivity index (χ4n) is 2.98. The number of carboxylic acid groups (broad SMARTS) is 1. The van der Waals surface area contributed by atoms with Gasteiger partial charge in [-0.3, -0.25) is 14.9 Å². The number of carbonyl (C=O) groups excluding carboxylic acids is 1. The van der Waals surface area contributed by atoms with Gasteiger partial charge in [0.25, 0.3) is 5.69 Å². The summed E-state index contributed by atoms with van der Waals surface area (Å²) in [7, 11) is 0. The van der Waals surface area contributed by atoms with Gasteiger partial charge in [-0.2, -0.15) is 0 Å². The van der Waals surface area contributed by atoms with Gasteiger partial charge in [0.2, 0.25) is 5.91 Å². The molecule has 1 heterocycles. The van der Waals surface area contributed by atoms with E-state index in [1.54, 1.807) is 18.2 Å². The number of non-ortho nitro benzene ring substituents is 1. The van der Waals surface area contributed by atoms with Crippen LogP contribution in [0.15, 0.2) is 30.3 Å². The molecular weight excluding hydrogens is 344 g/mol. The van der Waals surface area contributed by atoms with Gasteiger partial charge in [-0.05, 0) is 24.5 Å². The third-order valence-electron chi connectivity index (χ3n) is 4.25. The van der Waals surface area contributed by atoms with E-state index in [0.717, 1.165) is 37.0 Å². The molecule has 1 saturated carbocycles. The van der Waals surface area contributed by atoms with Crippen molar-refractivity contribution in [2.24, 2.45) is 5.92 Å². The number of hydrogen-bond donors (Lipinski definition) is 2. The summed E-state index contributed by atoms with van der Waals surface area (Å²) < 4.78 is 0. The smallest absolute Gasteiger partial charge is 0.348 e. The maximum Gasteiger partial charge on any atom is 0.348 e. The minimum absolute atomic E-state index is 0.0212. The number of hydrogen-bond acceptors (Lipinski definition) is 5. The number of nitro benzene ring substituents is 1. The SMILES string of the molecule is O=C(O)c1sc(-c2cccc([N+](=O)[O-])c2)cc1NC(=O)C1CCCC1. The first kappa shape index (κ1) is 17.1. The van der Waals surface area contributed by atoms with E-state index in [1.165, 1.54) is 12.1 Å². The summed E-state index contributed by atoms with van der Waals surface area (Å²) in [6.07, 6.45) is 3.64. The van der Waals surface area contributed by atoms with Crippen LogP contribution >= 0.6 is 11.3 Å². The molecule has 1 aliphatic carbocycles. The molecule has 1 aromatic heterocycles. The molecule has 2 aromatic rings. The second-order valence-corrected chi connectivity index (χ2v) is 6.99. The first-order valence-electron chi connectivity index (χ1n) is 7.88. The zero-order valence-electron chi connectivity index (χ0n) is 13.2. The largest absolute Gasteiger partial charge is 0.477 e. The standard InChI is InChI=1S/C17H16N2O5S/c20-16(10-4-1-2-5-10)18-13-9-14(25-15(13)17(21)22)11-6-3-7-12(8-11)19(23)24/h3,6-10H,1-2,4-5H2,(H,18,20)(H,21,22). The topological polar surface area (TPSA) is 110 Å². The fourth-order valence-corrected chi connectivity index (χ4v) is 3.93. The van der Waals surface area contributed by atoms with Gasteiger partial charge in [0.05, 0.1) is 10.6 Å². The average Bonchev–Trinajstić information content (AvgIpc) is 3.24. The van der Waals surface area contributed by atoms with Crippen LogP contribution in [0.2, 0.25) is 0 Å². The van der Waals surface area contributed by atoms with Crippen LogP contribution in [0.1, 0.15) is 35.4 Å². The van der Waals surface area contributed by atoms with Crippen molar-refractivity contribution in [3.05, 3.63) is 45.3 Å². The Morgan fingerprint density at radius 2 is 1.96 bits per heavy atom. The number of nitrogens with one attached hydrogen (secondary N) is 1. The number of rotatable bonds is 5. The highest BCUT2D eigenvalue weighted by atomic mass is 32.1. The number of nitrogens with zero attached hydrogens (tertiary/aromatic N) is 1. The van der Waals surface area contributed by atoms with Crippen LogP contribution in [0.4, 0.5) is 11.4 Å². The monoisotopic (exact) mass is 360 g/mol. The number of benzene rings is 1. The van der Waals surface area contributed by atoms with E-state index in [0.29, 0.717) is 10.4 Å². The summed E-state index contributed by atoms with van der Waals surface area (Å²) >= 11 is 0.989. The van der Waals surface area contributed by atoms with Crippen LogP contribution in [0.5, 0.6) is 0 Å². The average molecular weight is 360 g/mol. The Kier molecular flexibility index (Phi) is 4.80. The summed E-state index contributed by atoms with van der Waals surface area (Å²) in [6, 6.07) is 7.55. The van der Waals surface area contributed by atoms with Crippen molar-refractivity contribution in [1.82, 2.24) is 0 Å². The molecule has 1 aliphatic rings. The lowest BCUT2D eigenvalue weighted by Crippen LogP contribution is -2.21. The molecule has 2 N–H and O–H groups in total. The third-order valence-corrected chi connectivity index (χ3v) is 5.42. The molecule has 1 amide bonds. The molecule has 1 fully saturated rings. The molecule has 0 spiro atoms. The maximum absolute atomic E-state index is 12.3. The van der Waals surface area contributed by atoms with Gasteiger partial charge in [-0.15, -0.1) is 11.3 Å². The second kappa shape index (κ2) is 7.02. The van der Waals surface area contributed by atoms with E-state index in [9.17, 15) is 24.8 Å². The number of aromatic carboxylic acids is 1. The Labute approximate surface area is 147 Å². The lowest BCUT2D eigenvalue weighted by atomic mass is 10.1. The fraction of sp³-hybridized carbons (Fsp3) is 0.294. The van der Waals surface area contributed by atoms with E-state index >= 15 is 0 Å². The first-order valence-corrected chi connectivity index (χ1v) is 8.70. The number of nitro groups is 1. The maximum atomic E-state index is 12.3. The molecule has 130 valence electrons. The molecule has 7 nitrogen and oxygen atoms in total. The Morgan fingerprint density at radius 1 is 1.24 bits per heavy atom. The molecular formula is C17H16N2O5S. The normalized spacial score (nSPS) is 14.4. The quantitative estimate of drug-likeness (QED) is 0.615. The number of thiophene rings is 1. The molecule has 8 heteroatoms. The summed E-state index contributed by atoms with van der Waals surface area (Å²) in [5, 5.41) is 23.0. The number of amides is 1. The van der Waals surface area contributed by atoms with Crippen molar-refractivity contribution in [1.29, 1.82) is 0 Å². The lowest BCUT2D eigenvalue weighted by molar-refractivity contribution is -0.384. The van der Waals surface area contributed by atoms with Crippen molar-refractivity contribution < 1.29 is 19.6 Å². The van der Waals surface area contributed by atoms with Crippen LogP contribution < -0.4 is 5.32 Å². The Balaban J connectivity index is 1.91. The van der Waals surface area contributed by atoms with Crippen molar-refractivity contribution in [2.75, 3.05) is 5.32 Å². The number of carboxylic acids is 1. The van der Waals surface area contributed by atoms with Crippen molar-refractivity contribution in [3.8, 4) is 10.4 Å². The summed E-state index contributed by atoms with van der Waals surface area (Å²) in [5.41, 5.74) is 0.721. The van der Waals surface area contributed by atoms with Gasteiger partial charge in [-0.1, -0.05) is 25.0 Å². The highest BCUT2D eigenvalue weighted by Gasteiger charge is 2.25. The molecule has 0 unspecified atom stereocenters. The van der Waals surface area contributed by atoms with Crippen LogP contribution in [-0.2, 0) is 4.79 Å². The van der Waals surface area contributed by atoms with Crippen molar-refractivity contribution >= 4 is 34.6 Å². The zero-order chi connectivity index (χ0) is 18.0. The highest BCUT2D eigenvalue weighted by molar-refractivity contribution is 7.18. The first-order chi connectivity index (χ1) is 12.0. The third kappa shape index (κ3) is 3.69. The second-order valence-electron chi connectivity index (χ2n) is 5.94. The van der Waals surface area contributed by atoms with Gasteiger partial charge in [0.1, 0.15) is 4.88 Å². The minimum Gasteiger partial charge on any atom is -0.477 e. The molecule has 0 radical (unpaired) electrons. The van der Waals surface area contributed by atoms with E-state index in [1.807, 2.05) is 0 Å². The molecule has 0 saturated heterocycles. The van der Waals surface area contributed by atoms with E-state index in [4.69, 9.17) is 0 Å². The Bertz CT molecular complexity index is 839. The molecule has 0 aliphatic heterocycles. The Morgan fingerprint density at radius 3 is 2.60 bits per heavy atom. The lowest BCUT2D eigenvalue weighted by Gasteiger charge is -2.09. The van der Waals surface area contributed by atoms with E-state index < -0.39 is 10.9 Å². The molecule has 0 bridgehead atoms. The van der Waals surface area contributed by atoms with Gasteiger partial charge >= 0.3 is 5.97 Å². The molecule has 25 heavy (non-hydrogen) atoms. The number of carbonyl (C=O) groups is 2. The molecule has 3 rings (SSSR count). The van der Waals surface area contributed by atoms with Gasteiger partial charge in [0, 0.05) is 22.9 Å². The van der Waals surface area contributed by atoms with E-state index in [2.05, 4.69) is 5.32 Å². The number of anilines is 1. The van der Waals surface area contributed by atoms with Crippen molar-refractivity contribution in [3.63, 3.8) is 0 Å². The van der Waals surface area contributed by atoms with Gasteiger partial charge in [0.15, 0.2) is 0 Å². The van der Waals surface area contributed by atoms with Crippen LogP contribution in [-0.4, -0.2) is 21.9 Å². The zero-order valence-corrected chi connectivity index (χ0v) is 14.0.